The van der Waals surface area contributed by atoms with E-state index in [1.807, 2.05) is 0 Å². The summed E-state index contributed by atoms with van der Waals surface area (Å²) in [5.74, 6) is -7.68. The first kappa shape index (κ1) is 57.1. The molecule has 0 fully saturated rings. The van der Waals surface area contributed by atoms with Crippen molar-refractivity contribution in [3.8, 4) is 5.75 Å². The van der Waals surface area contributed by atoms with Gasteiger partial charge in [0.1, 0.15) is 53.2 Å². The number of ether oxygens (including phenoxy) is 2. The van der Waals surface area contributed by atoms with Crippen molar-refractivity contribution in [1.82, 2.24) is 37.2 Å². The van der Waals surface area contributed by atoms with E-state index in [0.29, 0.717) is 11.1 Å². The molecule has 21 heteroatoms. The summed E-state index contributed by atoms with van der Waals surface area (Å²) >= 11 is 2.10. The highest BCUT2D eigenvalue weighted by Gasteiger charge is 2.36. The van der Waals surface area contributed by atoms with Crippen molar-refractivity contribution in [3.05, 3.63) is 63.2 Å². The zero-order valence-corrected chi connectivity index (χ0v) is 42.1. The maximum Gasteiger partial charge on any atom is 0.408 e. The third kappa shape index (κ3) is 21.5. The summed E-state index contributed by atoms with van der Waals surface area (Å²) in [7, 11) is 0. The van der Waals surface area contributed by atoms with E-state index < -0.39 is 126 Å². The van der Waals surface area contributed by atoms with Gasteiger partial charge in [0.2, 0.25) is 41.4 Å². The van der Waals surface area contributed by atoms with E-state index in [9.17, 15) is 48.3 Å². The number of aromatic hydroxyl groups is 1. The van der Waals surface area contributed by atoms with Crippen LogP contribution in [0.5, 0.6) is 5.75 Å². The fourth-order valence-corrected chi connectivity index (χ4v) is 6.51. The fraction of sp³-hybridized carbons (Fsp3) is 0.543. The van der Waals surface area contributed by atoms with E-state index in [1.165, 1.54) is 19.1 Å². The van der Waals surface area contributed by atoms with Gasteiger partial charge in [-0.3, -0.25) is 38.4 Å². The Kier molecular flexibility index (Phi) is 22.0. The van der Waals surface area contributed by atoms with Crippen LogP contribution in [-0.4, -0.2) is 113 Å². The highest BCUT2D eigenvalue weighted by atomic mass is 127. The molecule has 0 saturated carbocycles. The molecule has 0 radical (unpaired) electrons. The van der Waals surface area contributed by atoms with E-state index in [-0.39, 0.29) is 18.6 Å². The van der Waals surface area contributed by atoms with Crippen molar-refractivity contribution < 1.29 is 57.7 Å². The van der Waals surface area contributed by atoms with Gasteiger partial charge in [0.05, 0.1) is 13.0 Å². The van der Waals surface area contributed by atoms with Crippen molar-refractivity contribution in [2.75, 3.05) is 6.54 Å². The smallest absolute Gasteiger partial charge is 0.408 e. The lowest BCUT2D eigenvalue weighted by molar-refractivity contribution is -0.156. The molecule has 0 aromatic heterocycles. The molecule has 0 saturated heterocycles. The number of hydrogen-bond acceptors (Lipinski definition) is 12. The molecule has 6 atom stereocenters. The molecule has 0 spiro atoms. The zero-order valence-electron chi connectivity index (χ0n) is 40.0. The number of primary amides is 1. The molecule has 2 aromatic rings. The van der Waals surface area contributed by atoms with Gasteiger partial charge >= 0.3 is 12.1 Å². The van der Waals surface area contributed by atoms with Crippen LogP contribution in [0, 0.1) is 15.4 Å². The summed E-state index contributed by atoms with van der Waals surface area (Å²) in [5.41, 5.74) is 4.44. The maximum atomic E-state index is 14.3. The number of esters is 1. The first-order valence-electron chi connectivity index (χ1n) is 21.8. The van der Waals surface area contributed by atoms with Crippen molar-refractivity contribution in [2.45, 2.75) is 143 Å². The Bertz CT molecular complexity index is 2070. The Morgan fingerprint density at radius 3 is 1.49 bits per heavy atom. The number of carbonyl (C=O) groups is 9. The zero-order chi connectivity index (χ0) is 51.0. The third-order valence-corrected chi connectivity index (χ3v) is 10.2. The van der Waals surface area contributed by atoms with Gasteiger partial charge in [-0.05, 0) is 118 Å². The normalized spacial score (nSPS) is 14.2. The molecule has 0 aliphatic heterocycles. The van der Waals surface area contributed by atoms with Crippen LogP contribution in [0.3, 0.4) is 0 Å². The molecule has 67 heavy (non-hydrogen) atoms. The number of halogens is 1. The molecule has 0 heterocycles. The minimum atomic E-state index is -1.66. The molecule has 20 nitrogen and oxygen atoms in total. The van der Waals surface area contributed by atoms with Crippen LogP contribution in [0.15, 0.2) is 48.5 Å². The summed E-state index contributed by atoms with van der Waals surface area (Å²) in [6, 6.07) is 4.89. The monoisotopic (exact) mass is 1050 g/mol. The molecule has 10 N–H and O–H groups in total. The van der Waals surface area contributed by atoms with Crippen LogP contribution in [0.1, 0.15) is 93.7 Å². The van der Waals surface area contributed by atoms with Crippen LogP contribution in [0.25, 0.3) is 0 Å². The predicted molar refractivity (Wildman–Crippen MR) is 256 cm³/mol. The summed E-state index contributed by atoms with van der Waals surface area (Å²) in [4.78, 5) is 120. The molecular weight excluding hydrogens is 983 g/mol. The van der Waals surface area contributed by atoms with E-state index >= 15 is 0 Å². The maximum absolute atomic E-state index is 14.3. The number of nitrogens with one attached hydrogen (secondary N) is 7. The van der Waals surface area contributed by atoms with Gasteiger partial charge < -0.3 is 57.5 Å². The van der Waals surface area contributed by atoms with Gasteiger partial charge in [-0.2, -0.15) is 0 Å². The number of alkyl carbamates (subject to hydrolysis) is 1. The van der Waals surface area contributed by atoms with Crippen LogP contribution in [0.2, 0.25) is 0 Å². The Morgan fingerprint density at radius 2 is 1.00 bits per heavy atom. The summed E-state index contributed by atoms with van der Waals surface area (Å²) in [6.45, 7) is 17.2. The second kappa shape index (κ2) is 25.8. The number of phenolic OH excluding ortho intramolecular Hbond substituents is 1. The van der Waals surface area contributed by atoms with Crippen molar-refractivity contribution in [2.24, 2.45) is 17.6 Å². The number of amides is 8. The third-order valence-electron chi connectivity index (χ3n) is 9.48. The van der Waals surface area contributed by atoms with Crippen LogP contribution >= 0.6 is 22.6 Å². The van der Waals surface area contributed by atoms with E-state index in [0.717, 1.165) is 3.57 Å². The Labute approximate surface area is 405 Å². The van der Waals surface area contributed by atoms with Crippen LogP contribution < -0.4 is 43.0 Å². The fourth-order valence-electron chi connectivity index (χ4n) is 6.15. The van der Waals surface area contributed by atoms with Crippen molar-refractivity contribution >= 4 is 76.0 Å². The van der Waals surface area contributed by atoms with E-state index in [4.69, 9.17) is 15.2 Å². The van der Waals surface area contributed by atoms with E-state index in [1.54, 1.807) is 106 Å². The molecule has 370 valence electrons. The van der Waals surface area contributed by atoms with Crippen molar-refractivity contribution in [3.63, 3.8) is 0 Å². The van der Waals surface area contributed by atoms with Crippen molar-refractivity contribution in [1.29, 1.82) is 0 Å². The minimum absolute atomic E-state index is 0.0131. The molecule has 0 aliphatic rings. The second-order valence-corrected chi connectivity index (χ2v) is 19.9. The Hall–Kier alpha value is -6.00. The summed E-state index contributed by atoms with van der Waals surface area (Å²) in [5, 5.41) is 27.6. The van der Waals surface area contributed by atoms with Gasteiger partial charge in [0, 0.05) is 16.4 Å². The lowest BCUT2D eigenvalue weighted by Crippen LogP contribution is -2.61. The first-order valence-corrected chi connectivity index (χ1v) is 22.8. The molecule has 2 rings (SSSR count). The highest BCUT2D eigenvalue weighted by molar-refractivity contribution is 14.1. The molecular formula is C46H67IN8O12. The topological polar surface area (TPSA) is 303 Å². The lowest BCUT2D eigenvalue weighted by atomic mass is 9.99. The Morgan fingerprint density at radius 1 is 0.567 bits per heavy atom. The van der Waals surface area contributed by atoms with E-state index in [2.05, 4.69) is 59.8 Å². The van der Waals surface area contributed by atoms with Gasteiger partial charge in [-0.1, -0.05) is 52.0 Å². The first-order chi connectivity index (χ1) is 30.9. The lowest BCUT2D eigenvalue weighted by Gasteiger charge is -2.29. The highest BCUT2D eigenvalue weighted by Crippen LogP contribution is 2.15. The molecule has 0 unspecified atom stereocenters. The number of hydrogen-bond donors (Lipinski definition) is 9. The number of carbonyl (C=O) groups excluding carboxylic acids is 9. The quantitative estimate of drug-likeness (QED) is 0.0603. The number of nitrogens with two attached hydrogens (primary N) is 1. The number of benzene rings is 2. The number of rotatable bonds is 22. The molecule has 0 bridgehead atoms. The SMILES string of the molecule is CC(C)[C@H](NC(=O)[C@H](CC(=O)OC(C)(C)C)NC(=O)[C@H](Cc1ccc(I)cc1)NC(=O)[C@@H](C)NC(=O)[C@H](Cc1ccc(O)cc1)NC(=O)OC(C)(C)C)C(=O)N[C@H](C(=O)NCC(N)=O)C(C)C. The largest absolute Gasteiger partial charge is 0.508 e. The number of phenols is 1. The molecule has 2 aromatic carbocycles. The molecule has 8 amide bonds. The average molecular weight is 1050 g/mol. The van der Waals surface area contributed by atoms with Crippen LogP contribution in [0.4, 0.5) is 4.79 Å². The molecule has 0 aliphatic carbocycles. The van der Waals surface area contributed by atoms with Crippen LogP contribution in [-0.2, 0) is 60.7 Å². The Balaban J connectivity index is 2.46. The second-order valence-electron chi connectivity index (χ2n) is 18.7. The predicted octanol–water partition coefficient (Wildman–Crippen LogP) is 1.76. The van der Waals surface area contributed by atoms with Gasteiger partial charge in [-0.15, -0.1) is 0 Å². The van der Waals surface area contributed by atoms with Gasteiger partial charge in [0.15, 0.2) is 0 Å². The van der Waals surface area contributed by atoms with Gasteiger partial charge in [-0.25, -0.2) is 4.79 Å². The van der Waals surface area contributed by atoms with Gasteiger partial charge in [0.25, 0.3) is 0 Å². The summed E-state index contributed by atoms with van der Waals surface area (Å²) in [6.07, 6.45) is -1.77. The summed E-state index contributed by atoms with van der Waals surface area (Å²) < 4.78 is 11.7. The standard InChI is InChI=1S/C46H67IN8O12/c1-24(2)36(42(63)49-23-34(48)57)55-43(64)37(25(3)4)54-41(62)33(22-35(58)66-45(6,7)8)52-40(61)31(20-27-12-16-29(47)17-13-27)51-38(59)26(5)50-39(60)32(53-44(65)67-46(9,10)11)21-28-14-18-30(56)19-15-28/h12-19,24-26,31-33,36-37,56H,20-23H2,1-11H3,(H2,48,57)(H,49,63)(H,50,60)(H,51,59)(H,52,61)(H,53,65)(H,54,62)(H,55,64)/t26-,31+,32+,33+,36+,37+/m1/s1. The average Bonchev–Trinajstić information content (AvgIpc) is 3.19. The minimum Gasteiger partial charge on any atom is -0.508 e.